The van der Waals surface area contributed by atoms with E-state index < -0.39 is 20.0 Å². The first-order valence-corrected chi connectivity index (χ1v) is 14.4. The van der Waals surface area contributed by atoms with Crippen molar-refractivity contribution in [2.75, 3.05) is 6.61 Å². The van der Waals surface area contributed by atoms with Crippen molar-refractivity contribution in [1.29, 1.82) is 0 Å². The summed E-state index contributed by atoms with van der Waals surface area (Å²) < 4.78 is 12.1. The van der Waals surface area contributed by atoms with Crippen LogP contribution in [0.3, 0.4) is 0 Å². The average molecular weight is 433 g/mol. The third-order valence-corrected chi connectivity index (χ3v) is 12.0. The molecule has 1 saturated heterocycles. The van der Waals surface area contributed by atoms with E-state index in [0.717, 1.165) is 12.0 Å². The number of epoxide rings is 1. The van der Waals surface area contributed by atoms with Gasteiger partial charge in [-0.2, -0.15) is 0 Å². The molecule has 0 aromatic carbocycles. The highest BCUT2D eigenvalue weighted by Crippen LogP contribution is 2.42. The third-order valence-electron chi connectivity index (χ3n) is 7.55. The Kier molecular flexibility index (Phi) is 7.57. The first kappa shape index (κ1) is 25.4. The molecule has 0 amide bonds. The van der Waals surface area contributed by atoms with Gasteiger partial charge in [-0.1, -0.05) is 63.7 Å². The zero-order valence-corrected chi connectivity index (χ0v) is 22.0. The van der Waals surface area contributed by atoms with Gasteiger partial charge >= 0.3 is 0 Å². The predicted octanol–water partition coefficient (Wildman–Crippen LogP) is 6.39. The summed E-state index contributed by atoms with van der Waals surface area (Å²) in [5, 5.41) is 10.7. The molecular weight excluding hydrogens is 388 g/mol. The molecule has 1 N–H and O–H groups in total. The van der Waals surface area contributed by atoms with Gasteiger partial charge in [0.15, 0.2) is 13.9 Å². The van der Waals surface area contributed by atoms with Crippen LogP contribution < -0.4 is 0 Å². The molecule has 0 bridgehead atoms. The molecule has 0 saturated carbocycles. The molecule has 30 heavy (non-hydrogen) atoms. The quantitative estimate of drug-likeness (QED) is 0.229. The smallest absolute Gasteiger partial charge is 0.192 e. The van der Waals surface area contributed by atoms with Crippen LogP contribution in [-0.4, -0.2) is 37.8 Å². The van der Waals surface area contributed by atoms with E-state index in [0.29, 0.717) is 6.61 Å². The molecule has 2 aliphatic rings. The van der Waals surface area contributed by atoms with Gasteiger partial charge in [-0.25, -0.2) is 0 Å². The Hall–Kier alpha value is -0.863. The van der Waals surface area contributed by atoms with Crippen molar-refractivity contribution in [2.24, 2.45) is 5.41 Å². The van der Waals surface area contributed by atoms with Gasteiger partial charge in [0.2, 0.25) is 0 Å². The predicted molar refractivity (Wildman–Crippen MR) is 129 cm³/mol. The minimum atomic E-state index is -1.79. The number of hydrogen-bond acceptors (Lipinski definition) is 3. The van der Waals surface area contributed by atoms with Gasteiger partial charge in [0.25, 0.3) is 0 Å². The number of rotatable bonds is 6. The summed E-state index contributed by atoms with van der Waals surface area (Å²) in [6.45, 7) is 22.7. The molecular formula is C26H44O3Si. The van der Waals surface area contributed by atoms with E-state index in [9.17, 15) is 5.11 Å². The van der Waals surface area contributed by atoms with E-state index in [1.807, 2.05) is 13.8 Å². The molecule has 1 unspecified atom stereocenters. The number of aliphatic hydroxyl groups excluding tert-OH is 1. The SMILES string of the molecule is CC1=C(C/C=C(\C)C(O)C#C[C@]2(C)O[C@@H]2CO[Si](C)(C)C(C)(C)C)C(C)(C)CCC1. The number of hydrogen-bond donors (Lipinski definition) is 1. The zero-order chi connectivity index (χ0) is 23.0. The Morgan fingerprint density at radius 3 is 2.53 bits per heavy atom. The molecule has 0 aromatic rings. The molecule has 2 rings (SSSR count). The van der Waals surface area contributed by atoms with Crippen molar-refractivity contribution in [2.45, 2.75) is 117 Å². The highest BCUT2D eigenvalue weighted by atomic mass is 28.4. The van der Waals surface area contributed by atoms with Crippen molar-refractivity contribution < 1.29 is 14.3 Å². The van der Waals surface area contributed by atoms with Crippen molar-refractivity contribution in [1.82, 2.24) is 0 Å². The Balaban J connectivity index is 1.94. The van der Waals surface area contributed by atoms with E-state index in [1.165, 1.54) is 30.4 Å². The van der Waals surface area contributed by atoms with Crippen LogP contribution in [0.25, 0.3) is 0 Å². The van der Waals surface area contributed by atoms with Crippen molar-refractivity contribution in [3.8, 4) is 11.8 Å². The lowest BCUT2D eigenvalue weighted by Gasteiger charge is -2.36. The van der Waals surface area contributed by atoms with Gasteiger partial charge < -0.3 is 14.3 Å². The number of aliphatic hydroxyl groups is 1. The highest BCUT2D eigenvalue weighted by molar-refractivity contribution is 6.74. The average Bonchev–Trinajstić information content (AvgIpc) is 3.26. The largest absolute Gasteiger partial charge is 0.414 e. The summed E-state index contributed by atoms with van der Waals surface area (Å²) in [4.78, 5) is 0. The lowest BCUT2D eigenvalue weighted by molar-refractivity contribution is 0.240. The zero-order valence-electron chi connectivity index (χ0n) is 21.0. The van der Waals surface area contributed by atoms with Crippen molar-refractivity contribution in [3.05, 3.63) is 22.8 Å². The Morgan fingerprint density at radius 1 is 1.33 bits per heavy atom. The standard InChI is InChI=1S/C26H44O3Si/c1-19-12-11-16-25(6,7)21(19)14-13-20(2)22(27)15-17-26(8)23(29-26)18-28-30(9,10)24(3,4)5/h13,22-23,27H,11-12,14,16,18H2,1-10H3/b20-13+/t22?,23-,26+/m1/s1. The minimum Gasteiger partial charge on any atom is -0.414 e. The van der Waals surface area contributed by atoms with Crippen LogP contribution in [0.5, 0.6) is 0 Å². The molecule has 1 aliphatic carbocycles. The van der Waals surface area contributed by atoms with Crippen molar-refractivity contribution in [3.63, 3.8) is 0 Å². The van der Waals surface area contributed by atoms with E-state index in [4.69, 9.17) is 9.16 Å². The van der Waals surface area contributed by atoms with Gasteiger partial charge in [0.05, 0.1) is 6.61 Å². The molecule has 3 atom stereocenters. The second kappa shape index (κ2) is 8.94. The van der Waals surface area contributed by atoms with Gasteiger partial charge in [-0.05, 0) is 75.6 Å². The maximum Gasteiger partial charge on any atom is 0.192 e. The molecule has 170 valence electrons. The summed E-state index contributed by atoms with van der Waals surface area (Å²) in [6.07, 6.45) is 6.01. The van der Waals surface area contributed by atoms with E-state index in [-0.39, 0.29) is 16.6 Å². The van der Waals surface area contributed by atoms with Crippen LogP contribution >= 0.6 is 0 Å². The molecule has 1 heterocycles. The Bertz CT molecular complexity index is 757. The van der Waals surface area contributed by atoms with Crippen LogP contribution in [0.4, 0.5) is 0 Å². The van der Waals surface area contributed by atoms with Crippen LogP contribution in [0, 0.1) is 17.3 Å². The van der Waals surface area contributed by atoms with E-state index in [2.05, 4.69) is 72.6 Å². The minimum absolute atomic E-state index is 0.00791. The van der Waals surface area contributed by atoms with Gasteiger partial charge in [0.1, 0.15) is 12.2 Å². The fourth-order valence-corrected chi connectivity index (χ4v) is 4.89. The second-order valence-electron chi connectivity index (χ2n) is 11.6. The molecule has 3 nitrogen and oxygen atoms in total. The van der Waals surface area contributed by atoms with Gasteiger partial charge in [-0.15, -0.1) is 0 Å². The summed E-state index contributed by atoms with van der Waals surface area (Å²) in [5.74, 6) is 6.18. The van der Waals surface area contributed by atoms with Crippen molar-refractivity contribution >= 4 is 8.32 Å². The second-order valence-corrected chi connectivity index (χ2v) is 16.4. The lowest BCUT2D eigenvalue weighted by Crippen LogP contribution is -2.42. The monoisotopic (exact) mass is 432 g/mol. The Morgan fingerprint density at radius 2 is 1.97 bits per heavy atom. The molecule has 1 aliphatic heterocycles. The van der Waals surface area contributed by atoms with Crippen LogP contribution in [-0.2, 0) is 9.16 Å². The summed E-state index contributed by atoms with van der Waals surface area (Å²) in [6, 6.07) is 0. The normalized spacial score (nSPS) is 28.1. The maximum absolute atomic E-state index is 10.5. The molecule has 0 aromatic heterocycles. The van der Waals surface area contributed by atoms with E-state index in [1.54, 1.807) is 0 Å². The van der Waals surface area contributed by atoms with Crippen LogP contribution in [0.2, 0.25) is 18.1 Å². The highest BCUT2D eigenvalue weighted by Gasteiger charge is 2.52. The fraction of sp³-hybridized carbons (Fsp3) is 0.769. The van der Waals surface area contributed by atoms with Gasteiger partial charge in [0, 0.05) is 0 Å². The first-order valence-electron chi connectivity index (χ1n) is 11.5. The number of ether oxygens (including phenoxy) is 1. The fourth-order valence-electron chi connectivity index (χ4n) is 3.89. The van der Waals surface area contributed by atoms with E-state index >= 15 is 0 Å². The molecule has 0 radical (unpaired) electrons. The molecule has 4 heteroatoms. The van der Waals surface area contributed by atoms with Crippen LogP contribution in [0.15, 0.2) is 22.8 Å². The topological polar surface area (TPSA) is 42.0 Å². The Labute approximate surface area is 186 Å². The maximum atomic E-state index is 10.5. The molecule has 1 fully saturated rings. The van der Waals surface area contributed by atoms with Gasteiger partial charge in [-0.3, -0.25) is 0 Å². The summed E-state index contributed by atoms with van der Waals surface area (Å²) in [7, 11) is -1.79. The first-order chi connectivity index (χ1) is 13.6. The van der Waals surface area contributed by atoms with Crippen LogP contribution in [0.1, 0.15) is 81.1 Å². The third kappa shape index (κ3) is 6.10. The summed E-state index contributed by atoms with van der Waals surface area (Å²) >= 11 is 0. The summed E-state index contributed by atoms with van der Waals surface area (Å²) in [5.41, 5.74) is 3.70. The molecule has 0 spiro atoms. The lowest BCUT2D eigenvalue weighted by atomic mass is 9.71. The number of allylic oxidation sites excluding steroid dienone is 3.